The maximum atomic E-state index is 4.08. The van der Waals surface area contributed by atoms with Crippen LogP contribution >= 0.6 is 0 Å². The van der Waals surface area contributed by atoms with Gasteiger partial charge in [0.15, 0.2) is 0 Å². The molecular weight excluding hydrogens is 146 g/mol. The lowest BCUT2D eigenvalue weighted by atomic mass is 9.87. The van der Waals surface area contributed by atoms with E-state index in [0.29, 0.717) is 0 Å². The lowest BCUT2D eigenvalue weighted by molar-refractivity contribution is 0.503. The van der Waals surface area contributed by atoms with E-state index in [1.165, 1.54) is 5.57 Å². The summed E-state index contributed by atoms with van der Waals surface area (Å²) in [6.07, 6.45) is 3.79. The number of rotatable bonds is 2. The average Bonchev–Trinajstić information content (AvgIpc) is 1.85. The molecule has 0 aromatic carbocycles. The molecule has 12 heavy (non-hydrogen) atoms. The number of nitrogens with zero attached hydrogens (tertiary/aromatic N) is 1. The smallest absolute Gasteiger partial charge is 0.0553 e. The van der Waals surface area contributed by atoms with Gasteiger partial charge in [0.2, 0.25) is 0 Å². The number of hydrogen-bond donors (Lipinski definition) is 0. The minimum Gasteiger partial charge on any atom is -0.262 e. The van der Waals surface area contributed by atoms with Gasteiger partial charge in [-0.05, 0) is 25.3 Å². The van der Waals surface area contributed by atoms with Crippen LogP contribution in [-0.4, -0.2) is 6.21 Å². The van der Waals surface area contributed by atoms with Gasteiger partial charge in [-0.15, -0.1) is 0 Å². The summed E-state index contributed by atoms with van der Waals surface area (Å²) in [5, 5.41) is 0. The number of hydrogen-bond acceptors (Lipinski definition) is 1. The van der Waals surface area contributed by atoms with Crippen LogP contribution < -0.4 is 0 Å². The maximum absolute atomic E-state index is 4.08. The fraction of sp³-hybridized carbons (Fsp3) is 0.545. The van der Waals surface area contributed by atoms with Crippen molar-refractivity contribution in [3.05, 3.63) is 23.9 Å². The highest BCUT2D eigenvalue weighted by molar-refractivity contribution is 5.56. The zero-order valence-electron chi connectivity index (χ0n) is 8.81. The Balaban J connectivity index is 4.47. The summed E-state index contributed by atoms with van der Waals surface area (Å²) in [5.41, 5.74) is 2.34. The molecule has 0 fully saturated rings. The average molecular weight is 165 g/mol. The minimum atomic E-state index is 0.214. The van der Waals surface area contributed by atoms with Gasteiger partial charge in [0.05, 0.1) is 5.70 Å². The summed E-state index contributed by atoms with van der Waals surface area (Å²) in [6.45, 7) is 14.4. The second-order valence-electron chi connectivity index (χ2n) is 3.96. The van der Waals surface area contributed by atoms with Crippen LogP contribution in [0.2, 0.25) is 0 Å². The SMILES string of the molecule is C=C(/C=C(\C)C(C)(C)C)N=CC. The van der Waals surface area contributed by atoms with Crippen LogP contribution in [0.15, 0.2) is 28.9 Å². The second-order valence-corrected chi connectivity index (χ2v) is 3.96. The van der Waals surface area contributed by atoms with E-state index in [9.17, 15) is 0 Å². The van der Waals surface area contributed by atoms with Gasteiger partial charge < -0.3 is 0 Å². The van der Waals surface area contributed by atoms with E-state index in [4.69, 9.17) is 0 Å². The van der Waals surface area contributed by atoms with Gasteiger partial charge in [-0.3, -0.25) is 4.99 Å². The molecule has 0 unspecified atom stereocenters. The van der Waals surface area contributed by atoms with E-state index in [1.54, 1.807) is 6.21 Å². The summed E-state index contributed by atoms with van der Waals surface area (Å²) < 4.78 is 0. The molecular formula is C11H19N. The molecule has 0 atom stereocenters. The molecule has 1 nitrogen and oxygen atoms in total. The Hall–Kier alpha value is -0.850. The summed E-state index contributed by atoms with van der Waals surface area (Å²) in [5.74, 6) is 0. The lowest BCUT2D eigenvalue weighted by Crippen LogP contribution is -2.06. The quantitative estimate of drug-likeness (QED) is 0.438. The van der Waals surface area contributed by atoms with Gasteiger partial charge in [-0.25, -0.2) is 0 Å². The minimum absolute atomic E-state index is 0.214. The third-order valence-corrected chi connectivity index (χ3v) is 1.86. The highest BCUT2D eigenvalue weighted by atomic mass is 14.7. The van der Waals surface area contributed by atoms with Crippen LogP contribution in [0.4, 0.5) is 0 Å². The Labute approximate surface area is 75.9 Å². The van der Waals surface area contributed by atoms with E-state index in [2.05, 4.69) is 39.3 Å². The normalized spacial score (nSPS) is 13.9. The molecule has 0 aliphatic rings. The van der Waals surface area contributed by atoms with E-state index in [0.717, 1.165) is 5.70 Å². The predicted octanol–water partition coefficient (Wildman–Crippen LogP) is 3.58. The first-order valence-electron chi connectivity index (χ1n) is 4.24. The van der Waals surface area contributed by atoms with Gasteiger partial charge >= 0.3 is 0 Å². The van der Waals surface area contributed by atoms with Crippen molar-refractivity contribution in [2.75, 3.05) is 0 Å². The van der Waals surface area contributed by atoms with Gasteiger partial charge in [0.1, 0.15) is 0 Å². The van der Waals surface area contributed by atoms with Gasteiger partial charge in [0, 0.05) is 6.21 Å². The zero-order chi connectivity index (χ0) is 9.78. The molecule has 68 valence electrons. The zero-order valence-corrected chi connectivity index (χ0v) is 8.81. The molecule has 0 radical (unpaired) electrons. The molecule has 0 rings (SSSR count). The second kappa shape index (κ2) is 4.24. The van der Waals surface area contributed by atoms with Crippen molar-refractivity contribution in [1.82, 2.24) is 0 Å². The molecule has 0 saturated carbocycles. The first-order valence-corrected chi connectivity index (χ1v) is 4.24. The van der Waals surface area contributed by atoms with Crippen molar-refractivity contribution >= 4 is 6.21 Å². The van der Waals surface area contributed by atoms with Crippen molar-refractivity contribution in [3.8, 4) is 0 Å². The molecule has 0 spiro atoms. The Morgan fingerprint density at radius 3 is 2.17 bits per heavy atom. The molecule has 0 aliphatic heterocycles. The van der Waals surface area contributed by atoms with Crippen molar-refractivity contribution in [3.63, 3.8) is 0 Å². The number of allylic oxidation sites excluding steroid dienone is 2. The first kappa shape index (κ1) is 11.2. The fourth-order valence-corrected chi connectivity index (χ4v) is 0.670. The third kappa shape index (κ3) is 4.12. The van der Waals surface area contributed by atoms with Crippen molar-refractivity contribution in [2.45, 2.75) is 34.6 Å². The molecule has 0 amide bonds. The van der Waals surface area contributed by atoms with Crippen LogP contribution in [0.5, 0.6) is 0 Å². The fourth-order valence-electron chi connectivity index (χ4n) is 0.670. The van der Waals surface area contributed by atoms with Crippen molar-refractivity contribution < 1.29 is 0 Å². The number of aliphatic imine (C=N–C) groups is 1. The van der Waals surface area contributed by atoms with E-state index in [1.807, 2.05) is 13.0 Å². The molecule has 0 aromatic rings. The van der Waals surface area contributed by atoms with Crippen LogP contribution in [0, 0.1) is 5.41 Å². The van der Waals surface area contributed by atoms with Crippen LogP contribution in [-0.2, 0) is 0 Å². The molecule has 0 N–H and O–H groups in total. The highest BCUT2D eigenvalue weighted by Gasteiger charge is 2.11. The summed E-state index contributed by atoms with van der Waals surface area (Å²) in [4.78, 5) is 4.08. The monoisotopic (exact) mass is 165 g/mol. The third-order valence-electron chi connectivity index (χ3n) is 1.86. The van der Waals surface area contributed by atoms with Crippen LogP contribution in [0.25, 0.3) is 0 Å². The first-order chi connectivity index (χ1) is 5.38. The summed E-state index contributed by atoms with van der Waals surface area (Å²) in [6, 6.07) is 0. The Morgan fingerprint density at radius 2 is 1.83 bits per heavy atom. The molecule has 0 aromatic heterocycles. The molecule has 0 heterocycles. The molecule has 1 heteroatoms. The standard InChI is InChI=1S/C11H19N/c1-7-12-10(3)8-9(2)11(4,5)6/h7-8H,3H2,1-2,4-6H3/b9-8+,12-7?. The molecule has 0 bridgehead atoms. The lowest BCUT2D eigenvalue weighted by Gasteiger charge is -2.19. The van der Waals surface area contributed by atoms with Gasteiger partial charge in [-0.1, -0.05) is 32.9 Å². The van der Waals surface area contributed by atoms with Crippen molar-refractivity contribution in [1.29, 1.82) is 0 Å². The van der Waals surface area contributed by atoms with Gasteiger partial charge in [-0.2, -0.15) is 0 Å². The largest absolute Gasteiger partial charge is 0.262 e. The molecule has 0 aliphatic carbocycles. The summed E-state index contributed by atoms with van der Waals surface area (Å²) >= 11 is 0. The highest BCUT2D eigenvalue weighted by Crippen LogP contribution is 2.25. The summed E-state index contributed by atoms with van der Waals surface area (Å²) in [7, 11) is 0. The Kier molecular flexibility index (Phi) is 3.94. The van der Waals surface area contributed by atoms with E-state index >= 15 is 0 Å². The predicted molar refractivity (Wildman–Crippen MR) is 56.5 cm³/mol. The van der Waals surface area contributed by atoms with E-state index < -0.39 is 0 Å². The Bertz CT molecular complexity index is 214. The Morgan fingerprint density at radius 1 is 1.33 bits per heavy atom. The van der Waals surface area contributed by atoms with E-state index in [-0.39, 0.29) is 5.41 Å². The maximum Gasteiger partial charge on any atom is 0.0553 e. The van der Waals surface area contributed by atoms with Crippen LogP contribution in [0.1, 0.15) is 34.6 Å². The topological polar surface area (TPSA) is 12.4 Å². The molecule has 0 saturated heterocycles. The van der Waals surface area contributed by atoms with Crippen molar-refractivity contribution in [2.24, 2.45) is 10.4 Å². The van der Waals surface area contributed by atoms with Crippen LogP contribution in [0.3, 0.4) is 0 Å². The van der Waals surface area contributed by atoms with Gasteiger partial charge in [0.25, 0.3) is 0 Å².